The van der Waals surface area contributed by atoms with Crippen LogP contribution in [0.15, 0.2) is 102 Å². The molecule has 182 valence electrons. The highest BCUT2D eigenvalue weighted by atomic mass is 16.5. The number of benzene rings is 4. The standard InChI is InChI=1S/C35H30O2/c1-23-11-14-25(15-12-23)35(26-16-18-27(36-2)19-17-26)22-21-31-29-9-5-6-10-30(29)33-28-8-4-3-7-24(28)13-20-32(33)34(31)37-35/h3-12,14-16,18,21-22H,13,17,19-20H2,1-2H3. The molecule has 2 heteroatoms. The van der Waals surface area contributed by atoms with Crippen LogP contribution in [0.4, 0.5) is 0 Å². The molecule has 0 spiro atoms. The first kappa shape index (κ1) is 22.2. The molecular formula is C35H30O2. The molecule has 0 amide bonds. The molecule has 1 atom stereocenters. The Hall–Kier alpha value is -4.04. The zero-order valence-corrected chi connectivity index (χ0v) is 21.4. The molecule has 37 heavy (non-hydrogen) atoms. The second-order valence-corrected chi connectivity index (χ2v) is 10.4. The van der Waals surface area contributed by atoms with Crippen molar-refractivity contribution >= 4 is 16.8 Å². The van der Waals surface area contributed by atoms with Crippen LogP contribution >= 0.6 is 0 Å². The van der Waals surface area contributed by atoms with Crippen molar-refractivity contribution in [3.05, 3.63) is 130 Å². The van der Waals surface area contributed by atoms with Crippen LogP contribution in [0.2, 0.25) is 0 Å². The Kier molecular flexibility index (Phi) is 5.11. The fourth-order valence-corrected chi connectivity index (χ4v) is 6.37. The van der Waals surface area contributed by atoms with E-state index < -0.39 is 5.60 Å². The van der Waals surface area contributed by atoms with Crippen molar-refractivity contribution in [2.75, 3.05) is 7.11 Å². The Morgan fingerprint density at radius 3 is 2.35 bits per heavy atom. The normalized spacial score (nSPS) is 19.7. The van der Waals surface area contributed by atoms with Crippen LogP contribution in [0.1, 0.15) is 40.7 Å². The lowest BCUT2D eigenvalue weighted by Crippen LogP contribution is -2.36. The van der Waals surface area contributed by atoms with E-state index >= 15 is 0 Å². The Labute approximate surface area is 218 Å². The predicted molar refractivity (Wildman–Crippen MR) is 152 cm³/mol. The Morgan fingerprint density at radius 2 is 1.57 bits per heavy atom. The number of ether oxygens (including phenoxy) is 2. The van der Waals surface area contributed by atoms with Crippen LogP contribution in [0.25, 0.3) is 28.0 Å². The maximum absolute atomic E-state index is 7.35. The van der Waals surface area contributed by atoms with Crippen molar-refractivity contribution in [1.29, 1.82) is 0 Å². The zero-order valence-electron chi connectivity index (χ0n) is 21.4. The summed E-state index contributed by atoms with van der Waals surface area (Å²) >= 11 is 0. The number of methoxy groups -OCH3 is 1. The number of hydrogen-bond donors (Lipinski definition) is 0. The smallest absolute Gasteiger partial charge is 0.174 e. The van der Waals surface area contributed by atoms with E-state index in [-0.39, 0.29) is 0 Å². The molecule has 0 aromatic heterocycles. The third-order valence-corrected chi connectivity index (χ3v) is 8.32. The maximum Gasteiger partial charge on any atom is 0.174 e. The summed E-state index contributed by atoms with van der Waals surface area (Å²) in [6.07, 6.45) is 12.7. The van der Waals surface area contributed by atoms with Gasteiger partial charge in [-0.3, -0.25) is 0 Å². The van der Waals surface area contributed by atoms with Crippen molar-refractivity contribution < 1.29 is 9.47 Å². The highest BCUT2D eigenvalue weighted by Crippen LogP contribution is 2.52. The number of aryl methyl sites for hydroxylation is 2. The molecule has 0 radical (unpaired) electrons. The monoisotopic (exact) mass is 482 g/mol. The van der Waals surface area contributed by atoms with Gasteiger partial charge in [0.15, 0.2) is 5.60 Å². The summed E-state index contributed by atoms with van der Waals surface area (Å²) in [4.78, 5) is 0. The quantitative estimate of drug-likeness (QED) is 0.292. The van der Waals surface area contributed by atoms with Gasteiger partial charge in [0.1, 0.15) is 5.75 Å². The average Bonchev–Trinajstić information content (AvgIpc) is 2.97. The molecule has 0 saturated heterocycles. The Balaban J connectivity index is 1.50. The van der Waals surface area contributed by atoms with Gasteiger partial charge < -0.3 is 9.47 Å². The highest BCUT2D eigenvalue weighted by molar-refractivity contribution is 6.06. The molecule has 1 unspecified atom stereocenters. The molecule has 0 fully saturated rings. The lowest BCUT2D eigenvalue weighted by Gasteiger charge is -2.40. The summed E-state index contributed by atoms with van der Waals surface area (Å²) in [5.41, 5.74) is 9.65. The summed E-state index contributed by atoms with van der Waals surface area (Å²) < 4.78 is 12.9. The molecule has 4 aromatic rings. The highest BCUT2D eigenvalue weighted by Gasteiger charge is 2.41. The van der Waals surface area contributed by atoms with E-state index in [2.05, 4.69) is 104 Å². The molecule has 0 bridgehead atoms. The molecule has 0 saturated carbocycles. The lowest BCUT2D eigenvalue weighted by atomic mass is 9.76. The van der Waals surface area contributed by atoms with E-state index in [0.29, 0.717) is 0 Å². The fraction of sp³-hybridized carbons (Fsp3) is 0.200. The van der Waals surface area contributed by atoms with Crippen molar-refractivity contribution in [3.8, 4) is 16.9 Å². The van der Waals surface area contributed by atoms with Gasteiger partial charge >= 0.3 is 0 Å². The summed E-state index contributed by atoms with van der Waals surface area (Å²) in [5.74, 6) is 2.05. The third kappa shape index (κ3) is 3.39. The van der Waals surface area contributed by atoms with Crippen molar-refractivity contribution in [2.45, 2.75) is 38.2 Å². The number of rotatable bonds is 3. The molecule has 7 rings (SSSR count). The molecule has 1 heterocycles. The van der Waals surface area contributed by atoms with Crippen molar-refractivity contribution in [3.63, 3.8) is 0 Å². The van der Waals surface area contributed by atoms with E-state index in [9.17, 15) is 0 Å². The fourth-order valence-electron chi connectivity index (χ4n) is 6.37. The van der Waals surface area contributed by atoms with Crippen molar-refractivity contribution in [1.82, 2.24) is 0 Å². The summed E-state index contributed by atoms with van der Waals surface area (Å²) in [6, 6.07) is 26.5. The van der Waals surface area contributed by atoms with Gasteiger partial charge in [-0.05, 0) is 77.5 Å². The first-order chi connectivity index (χ1) is 18.2. The molecule has 2 nitrogen and oxygen atoms in total. The molecular weight excluding hydrogens is 452 g/mol. The van der Waals surface area contributed by atoms with E-state index in [1.165, 1.54) is 55.3 Å². The van der Waals surface area contributed by atoms with Gasteiger partial charge in [-0.1, -0.05) is 84.4 Å². The molecule has 0 N–H and O–H groups in total. The minimum atomic E-state index is -0.649. The van der Waals surface area contributed by atoms with E-state index in [1.807, 2.05) is 0 Å². The van der Waals surface area contributed by atoms with Crippen LogP contribution in [-0.2, 0) is 23.2 Å². The first-order valence-electron chi connectivity index (χ1n) is 13.2. The molecule has 4 aromatic carbocycles. The van der Waals surface area contributed by atoms with Crippen molar-refractivity contribution in [2.24, 2.45) is 0 Å². The number of allylic oxidation sites excluding steroid dienone is 3. The van der Waals surface area contributed by atoms with Gasteiger partial charge in [0.2, 0.25) is 0 Å². The summed E-state index contributed by atoms with van der Waals surface area (Å²) in [6.45, 7) is 2.14. The van der Waals surface area contributed by atoms with Crippen LogP contribution in [0.5, 0.6) is 5.75 Å². The summed E-state index contributed by atoms with van der Waals surface area (Å²) in [7, 11) is 1.75. The largest absolute Gasteiger partial charge is 0.501 e. The van der Waals surface area contributed by atoms with E-state index in [4.69, 9.17) is 9.47 Å². The van der Waals surface area contributed by atoms with Gasteiger partial charge in [-0.15, -0.1) is 0 Å². The Morgan fingerprint density at radius 1 is 0.784 bits per heavy atom. The van der Waals surface area contributed by atoms with Crippen LogP contribution in [0, 0.1) is 6.92 Å². The van der Waals surface area contributed by atoms with E-state index in [1.54, 1.807) is 7.11 Å². The molecule has 2 aliphatic carbocycles. The topological polar surface area (TPSA) is 18.5 Å². The predicted octanol–water partition coefficient (Wildman–Crippen LogP) is 8.47. The maximum atomic E-state index is 7.35. The number of hydrogen-bond acceptors (Lipinski definition) is 2. The SMILES string of the molecule is COC1=CC=C(C2(c3ccc(C)cc3)C=Cc3c(c4c(c5ccccc35)-c3ccccc3CC4)O2)CC1. The third-order valence-electron chi connectivity index (χ3n) is 8.32. The van der Waals surface area contributed by atoms with Gasteiger partial charge in [-0.25, -0.2) is 0 Å². The molecule has 3 aliphatic rings. The van der Waals surface area contributed by atoms with Gasteiger partial charge in [0, 0.05) is 23.1 Å². The van der Waals surface area contributed by atoms with Crippen LogP contribution in [0.3, 0.4) is 0 Å². The van der Waals surface area contributed by atoms with Crippen LogP contribution < -0.4 is 4.74 Å². The molecule has 1 aliphatic heterocycles. The van der Waals surface area contributed by atoms with Gasteiger partial charge in [0.05, 0.1) is 12.9 Å². The lowest BCUT2D eigenvalue weighted by molar-refractivity contribution is 0.148. The van der Waals surface area contributed by atoms with Crippen LogP contribution in [-0.4, -0.2) is 7.11 Å². The Bertz CT molecular complexity index is 1630. The second kappa shape index (κ2) is 8.52. The minimum absolute atomic E-state index is 0.649. The van der Waals surface area contributed by atoms with E-state index in [0.717, 1.165) is 37.2 Å². The second-order valence-electron chi connectivity index (χ2n) is 10.4. The summed E-state index contributed by atoms with van der Waals surface area (Å²) in [5, 5.41) is 2.56. The zero-order chi connectivity index (χ0) is 25.0. The number of fused-ring (bicyclic) bond motifs is 8. The minimum Gasteiger partial charge on any atom is -0.501 e. The van der Waals surface area contributed by atoms with Gasteiger partial charge in [-0.2, -0.15) is 0 Å². The average molecular weight is 483 g/mol. The van der Waals surface area contributed by atoms with Gasteiger partial charge in [0.25, 0.3) is 0 Å². The first-order valence-corrected chi connectivity index (χ1v) is 13.2.